The molecule has 1 unspecified atom stereocenters. The van der Waals surface area contributed by atoms with E-state index in [0.717, 1.165) is 12.8 Å². The molecule has 2 N–H and O–H groups in total. The van der Waals surface area contributed by atoms with Crippen molar-refractivity contribution in [3.63, 3.8) is 0 Å². The largest absolute Gasteiger partial charge is 0.479 e. The Bertz CT molecular complexity index is 389. The molecule has 0 heterocycles. The highest BCUT2D eigenvalue weighted by atomic mass is 16.4. The second-order valence-corrected chi connectivity index (χ2v) is 8.44. The summed E-state index contributed by atoms with van der Waals surface area (Å²) in [6, 6.07) is 0. The minimum Gasteiger partial charge on any atom is -0.479 e. The Hall–Kier alpha value is -1.09. The van der Waals surface area contributed by atoms with Crippen LogP contribution in [0.25, 0.3) is 0 Å². The highest BCUT2D eigenvalue weighted by Gasteiger charge is 2.09. The van der Waals surface area contributed by atoms with Crippen LogP contribution in [0.15, 0.2) is 24.8 Å². The predicted molar refractivity (Wildman–Crippen MR) is 125 cm³/mol. The van der Waals surface area contributed by atoms with Crippen molar-refractivity contribution in [2.45, 2.75) is 135 Å². The molecule has 0 spiro atoms. The van der Waals surface area contributed by atoms with Gasteiger partial charge in [0.15, 0.2) is 6.10 Å². The molecule has 170 valence electrons. The van der Waals surface area contributed by atoms with Gasteiger partial charge in [-0.2, -0.15) is 0 Å². The number of hydrogen-bond acceptors (Lipinski definition) is 2. The van der Waals surface area contributed by atoms with E-state index in [1.807, 2.05) is 12.2 Å². The third-order valence-electron chi connectivity index (χ3n) is 5.59. The first-order valence-electron chi connectivity index (χ1n) is 12.3. The van der Waals surface area contributed by atoms with E-state index in [4.69, 9.17) is 10.2 Å². The van der Waals surface area contributed by atoms with Crippen LogP contribution < -0.4 is 0 Å². The van der Waals surface area contributed by atoms with Crippen LogP contribution in [0.5, 0.6) is 0 Å². The molecule has 29 heavy (non-hydrogen) atoms. The van der Waals surface area contributed by atoms with Crippen molar-refractivity contribution >= 4 is 5.97 Å². The predicted octanol–water partition coefficient (Wildman–Crippen LogP) is 7.98. The van der Waals surface area contributed by atoms with Crippen LogP contribution in [0.3, 0.4) is 0 Å². The lowest BCUT2D eigenvalue weighted by Gasteiger charge is -2.03. The standard InChI is InChI=1S/C26H48O3/c1-2-3-4-5-6-7-8-9-10-11-12-13-14-15-16-17-18-19-20-21-22-23-24-25(27)26(28)29/h2,22-23,25,27H,1,3-21,24H2,(H,28,29). The molecule has 0 saturated carbocycles. The summed E-state index contributed by atoms with van der Waals surface area (Å²) < 4.78 is 0. The first-order valence-corrected chi connectivity index (χ1v) is 12.3. The Balaban J connectivity index is 3.11. The molecule has 0 aromatic rings. The van der Waals surface area contributed by atoms with Crippen LogP contribution in [0, 0.1) is 0 Å². The molecule has 0 aliphatic heterocycles. The second-order valence-electron chi connectivity index (χ2n) is 8.44. The van der Waals surface area contributed by atoms with E-state index in [9.17, 15) is 4.79 Å². The van der Waals surface area contributed by atoms with Gasteiger partial charge in [-0.15, -0.1) is 6.58 Å². The zero-order valence-electron chi connectivity index (χ0n) is 19.0. The van der Waals surface area contributed by atoms with Gasteiger partial charge >= 0.3 is 5.97 Å². The molecule has 0 aliphatic carbocycles. The third-order valence-corrected chi connectivity index (χ3v) is 5.59. The van der Waals surface area contributed by atoms with E-state index < -0.39 is 12.1 Å². The van der Waals surface area contributed by atoms with Crippen molar-refractivity contribution in [1.29, 1.82) is 0 Å². The fraction of sp³-hybridized carbons (Fsp3) is 0.808. The number of carboxylic acid groups (broad SMARTS) is 1. The van der Waals surface area contributed by atoms with Crippen LogP contribution >= 0.6 is 0 Å². The van der Waals surface area contributed by atoms with Gasteiger partial charge in [0, 0.05) is 6.42 Å². The molecule has 3 nitrogen and oxygen atoms in total. The lowest BCUT2D eigenvalue weighted by atomic mass is 10.0. The van der Waals surface area contributed by atoms with Crippen LogP contribution in [0.2, 0.25) is 0 Å². The first kappa shape index (κ1) is 27.9. The van der Waals surface area contributed by atoms with Gasteiger partial charge in [-0.05, 0) is 25.7 Å². The Labute approximate surface area is 180 Å². The number of carbonyl (C=O) groups is 1. The van der Waals surface area contributed by atoms with Crippen molar-refractivity contribution in [3.8, 4) is 0 Å². The van der Waals surface area contributed by atoms with E-state index in [1.54, 1.807) is 6.08 Å². The smallest absolute Gasteiger partial charge is 0.332 e. The molecule has 0 saturated heterocycles. The van der Waals surface area contributed by atoms with Crippen LogP contribution in [0.1, 0.15) is 128 Å². The van der Waals surface area contributed by atoms with E-state index in [1.165, 1.54) is 109 Å². The summed E-state index contributed by atoms with van der Waals surface area (Å²) in [5.74, 6) is -1.14. The van der Waals surface area contributed by atoms with E-state index in [0.29, 0.717) is 0 Å². The first-order chi connectivity index (χ1) is 14.2. The van der Waals surface area contributed by atoms with Gasteiger partial charge in [-0.25, -0.2) is 4.79 Å². The average Bonchev–Trinajstić information content (AvgIpc) is 2.71. The molecule has 0 aromatic heterocycles. The highest BCUT2D eigenvalue weighted by molar-refractivity contribution is 5.72. The molecule has 0 bridgehead atoms. The molecule has 1 atom stereocenters. The molecule has 3 heteroatoms. The summed E-state index contributed by atoms with van der Waals surface area (Å²) in [4.78, 5) is 10.5. The number of aliphatic hydroxyl groups is 1. The molecule has 0 amide bonds. The summed E-state index contributed by atoms with van der Waals surface area (Å²) in [6.45, 7) is 3.77. The Morgan fingerprint density at radius 2 is 0.966 bits per heavy atom. The van der Waals surface area contributed by atoms with Gasteiger partial charge in [0.1, 0.15) is 0 Å². The minimum absolute atomic E-state index is 0.214. The van der Waals surface area contributed by atoms with Crippen LogP contribution in [-0.2, 0) is 4.79 Å². The van der Waals surface area contributed by atoms with Gasteiger partial charge in [0.25, 0.3) is 0 Å². The Morgan fingerprint density at radius 1 is 0.621 bits per heavy atom. The van der Waals surface area contributed by atoms with E-state index in [-0.39, 0.29) is 6.42 Å². The zero-order chi connectivity index (χ0) is 21.4. The van der Waals surface area contributed by atoms with Crippen molar-refractivity contribution < 1.29 is 15.0 Å². The number of hydrogen-bond donors (Lipinski definition) is 2. The highest BCUT2D eigenvalue weighted by Crippen LogP contribution is 2.14. The maximum atomic E-state index is 10.5. The summed E-state index contributed by atoms with van der Waals surface area (Å²) >= 11 is 0. The van der Waals surface area contributed by atoms with Gasteiger partial charge in [-0.1, -0.05) is 115 Å². The molecular formula is C26H48O3. The molecule has 0 aromatic carbocycles. The number of unbranched alkanes of at least 4 members (excludes halogenated alkanes) is 18. The number of aliphatic hydroxyl groups excluding tert-OH is 1. The molecule has 0 fully saturated rings. The molecular weight excluding hydrogens is 360 g/mol. The average molecular weight is 409 g/mol. The Kier molecular flexibility index (Phi) is 22.3. The van der Waals surface area contributed by atoms with Crippen molar-refractivity contribution in [3.05, 3.63) is 24.8 Å². The lowest BCUT2D eigenvalue weighted by Crippen LogP contribution is -2.17. The summed E-state index contributed by atoms with van der Waals surface area (Å²) in [6.07, 6.45) is 30.2. The maximum absolute atomic E-state index is 10.5. The quantitative estimate of drug-likeness (QED) is 0.133. The van der Waals surface area contributed by atoms with Gasteiger partial charge < -0.3 is 10.2 Å². The van der Waals surface area contributed by atoms with Gasteiger partial charge in [0.2, 0.25) is 0 Å². The van der Waals surface area contributed by atoms with Crippen molar-refractivity contribution in [2.24, 2.45) is 0 Å². The fourth-order valence-electron chi connectivity index (χ4n) is 3.65. The zero-order valence-corrected chi connectivity index (χ0v) is 19.0. The van der Waals surface area contributed by atoms with E-state index >= 15 is 0 Å². The van der Waals surface area contributed by atoms with Crippen LogP contribution in [0.4, 0.5) is 0 Å². The minimum atomic E-state index is -1.26. The number of rotatable bonds is 23. The van der Waals surface area contributed by atoms with Crippen molar-refractivity contribution in [2.75, 3.05) is 0 Å². The van der Waals surface area contributed by atoms with Gasteiger partial charge in [0.05, 0.1) is 0 Å². The molecule has 0 rings (SSSR count). The lowest BCUT2D eigenvalue weighted by molar-refractivity contribution is -0.146. The second kappa shape index (κ2) is 23.2. The SMILES string of the molecule is C=CCCCCCCCCCCCCCCCCCCCC=CCC(O)C(=O)O. The van der Waals surface area contributed by atoms with Crippen molar-refractivity contribution in [1.82, 2.24) is 0 Å². The monoisotopic (exact) mass is 408 g/mol. The summed E-state index contributed by atoms with van der Waals surface area (Å²) in [5.41, 5.74) is 0. The Morgan fingerprint density at radius 3 is 1.31 bits per heavy atom. The van der Waals surface area contributed by atoms with Gasteiger partial charge in [-0.3, -0.25) is 0 Å². The topological polar surface area (TPSA) is 57.5 Å². The van der Waals surface area contributed by atoms with E-state index in [2.05, 4.69) is 6.58 Å². The third kappa shape index (κ3) is 23.1. The van der Waals surface area contributed by atoms with Crippen LogP contribution in [-0.4, -0.2) is 22.3 Å². The maximum Gasteiger partial charge on any atom is 0.332 e. The number of aliphatic carboxylic acids is 1. The number of carboxylic acids is 1. The fourth-order valence-corrected chi connectivity index (χ4v) is 3.65. The normalized spacial score (nSPS) is 12.4. The summed E-state index contributed by atoms with van der Waals surface area (Å²) in [7, 11) is 0. The number of allylic oxidation sites excluding steroid dienone is 2. The molecule has 0 radical (unpaired) electrons. The summed E-state index contributed by atoms with van der Waals surface area (Å²) in [5, 5.41) is 17.7. The molecule has 0 aliphatic rings.